The van der Waals surface area contributed by atoms with E-state index in [-0.39, 0.29) is 5.91 Å². The van der Waals surface area contributed by atoms with Gasteiger partial charge in [0.1, 0.15) is 11.8 Å². The second kappa shape index (κ2) is 4.88. The molecule has 1 atom stereocenters. The number of ether oxygens (including phenoxy) is 1. The second-order valence-corrected chi connectivity index (χ2v) is 4.01. The molecule has 0 spiro atoms. The lowest BCUT2D eigenvalue weighted by molar-refractivity contribution is -0.116. The Morgan fingerprint density at radius 3 is 3.06 bits per heavy atom. The maximum Gasteiger partial charge on any atom is 0.224 e. The van der Waals surface area contributed by atoms with Crippen molar-refractivity contribution >= 4 is 11.6 Å². The summed E-state index contributed by atoms with van der Waals surface area (Å²) < 4.78 is 5.50. The summed E-state index contributed by atoms with van der Waals surface area (Å²) >= 11 is 0. The zero-order valence-electron chi connectivity index (χ0n) is 9.69. The minimum atomic E-state index is -0.438. The highest BCUT2D eigenvalue weighted by Gasteiger charge is 2.16. The van der Waals surface area contributed by atoms with Crippen LogP contribution < -0.4 is 10.1 Å². The molecule has 1 N–H and O–H groups in total. The second-order valence-electron chi connectivity index (χ2n) is 4.01. The van der Waals surface area contributed by atoms with Crippen molar-refractivity contribution in [2.45, 2.75) is 32.3 Å². The molecule has 4 heteroatoms. The summed E-state index contributed by atoms with van der Waals surface area (Å²) in [6, 6.07) is 7.65. The normalized spacial score (nSPS) is 15.4. The van der Waals surface area contributed by atoms with E-state index in [1.807, 2.05) is 19.1 Å². The first-order valence-corrected chi connectivity index (χ1v) is 5.72. The summed E-state index contributed by atoms with van der Waals surface area (Å²) in [5, 5.41) is 11.6. The molecule has 1 heterocycles. The van der Waals surface area contributed by atoms with Gasteiger partial charge in [0, 0.05) is 18.2 Å². The molecule has 1 aromatic carbocycles. The van der Waals surface area contributed by atoms with E-state index in [0.29, 0.717) is 18.6 Å². The van der Waals surface area contributed by atoms with Gasteiger partial charge in [-0.15, -0.1) is 0 Å². The van der Waals surface area contributed by atoms with Crippen molar-refractivity contribution in [3.8, 4) is 11.8 Å². The Hall–Kier alpha value is -2.02. The number of anilines is 1. The quantitative estimate of drug-likeness (QED) is 0.866. The molecule has 88 valence electrons. The molecule has 0 aromatic heterocycles. The van der Waals surface area contributed by atoms with Gasteiger partial charge in [-0.1, -0.05) is 13.0 Å². The molecule has 0 fully saturated rings. The highest BCUT2D eigenvalue weighted by atomic mass is 16.5. The SMILES string of the molecule is CCC(C#N)Oc1ccc2c(c1)NC(=O)CC2. The van der Waals surface area contributed by atoms with Gasteiger partial charge >= 0.3 is 0 Å². The molecule has 1 aliphatic rings. The van der Waals surface area contributed by atoms with E-state index in [2.05, 4.69) is 11.4 Å². The topological polar surface area (TPSA) is 62.1 Å². The summed E-state index contributed by atoms with van der Waals surface area (Å²) in [6.07, 6.45) is 1.49. The minimum Gasteiger partial charge on any atom is -0.476 e. The first kappa shape index (κ1) is 11.5. The highest BCUT2D eigenvalue weighted by Crippen LogP contribution is 2.27. The third-order valence-electron chi connectivity index (χ3n) is 2.77. The summed E-state index contributed by atoms with van der Waals surface area (Å²) in [4.78, 5) is 11.3. The van der Waals surface area contributed by atoms with Gasteiger partial charge in [0.05, 0.1) is 0 Å². The number of aryl methyl sites for hydroxylation is 1. The third kappa shape index (κ3) is 2.56. The number of hydrogen-bond donors (Lipinski definition) is 1. The number of fused-ring (bicyclic) bond motifs is 1. The van der Waals surface area contributed by atoms with E-state index >= 15 is 0 Å². The van der Waals surface area contributed by atoms with Gasteiger partial charge in [-0.2, -0.15) is 5.26 Å². The van der Waals surface area contributed by atoms with Crippen molar-refractivity contribution in [3.05, 3.63) is 23.8 Å². The standard InChI is InChI=1S/C13H14N2O2/c1-2-10(8-14)17-11-5-3-9-4-6-13(16)15-12(9)7-11/h3,5,7,10H,2,4,6H2,1H3,(H,15,16). The predicted molar refractivity (Wildman–Crippen MR) is 63.7 cm³/mol. The molecule has 4 nitrogen and oxygen atoms in total. The van der Waals surface area contributed by atoms with Crippen molar-refractivity contribution in [3.63, 3.8) is 0 Å². The number of amides is 1. The Balaban J connectivity index is 2.18. The van der Waals surface area contributed by atoms with Crippen LogP contribution in [0.15, 0.2) is 18.2 Å². The smallest absolute Gasteiger partial charge is 0.224 e. The van der Waals surface area contributed by atoms with Crippen LogP contribution in [0.5, 0.6) is 5.75 Å². The molecule has 2 rings (SSSR count). The fourth-order valence-electron chi connectivity index (χ4n) is 1.79. The highest BCUT2D eigenvalue weighted by molar-refractivity contribution is 5.94. The number of benzene rings is 1. The summed E-state index contributed by atoms with van der Waals surface area (Å²) in [5.74, 6) is 0.654. The molecular weight excluding hydrogens is 216 g/mol. The lowest BCUT2D eigenvalue weighted by Gasteiger charge is -2.18. The molecule has 0 bridgehead atoms. The number of hydrogen-bond acceptors (Lipinski definition) is 3. The van der Waals surface area contributed by atoms with Crippen LogP contribution in [0.2, 0.25) is 0 Å². The van der Waals surface area contributed by atoms with Crippen LogP contribution in [-0.2, 0) is 11.2 Å². The van der Waals surface area contributed by atoms with Crippen LogP contribution in [0, 0.1) is 11.3 Å². The van der Waals surface area contributed by atoms with Gasteiger partial charge in [0.2, 0.25) is 5.91 Å². The maximum atomic E-state index is 11.3. The molecule has 1 aromatic rings. The number of nitrogens with one attached hydrogen (secondary N) is 1. The van der Waals surface area contributed by atoms with Crippen LogP contribution in [0.1, 0.15) is 25.3 Å². The van der Waals surface area contributed by atoms with Crippen LogP contribution >= 0.6 is 0 Å². The summed E-state index contributed by atoms with van der Waals surface area (Å²) in [6.45, 7) is 1.90. The Bertz CT molecular complexity index is 477. The Kier molecular flexibility index (Phi) is 3.29. The number of nitriles is 1. The van der Waals surface area contributed by atoms with Crippen molar-refractivity contribution in [1.82, 2.24) is 0 Å². The molecule has 0 radical (unpaired) electrons. The zero-order valence-corrected chi connectivity index (χ0v) is 9.69. The van der Waals surface area contributed by atoms with E-state index in [0.717, 1.165) is 17.7 Å². The van der Waals surface area contributed by atoms with Crippen LogP contribution in [0.4, 0.5) is 5.69 Å². The Labute approximate surface area is 100 Å². The molecule has 0 aliphatic carbocycles. The number of nitrogens with zero attached hydrogens (tertiary/aromatic N) is 1. The van der Waals surface area contributed by atoms with Gasteiger partial charge in [-0.3, -0.25) is 4.79 Å². The third-order valence-corrected chi connectivity index (χ3v) is 2.77. The average molecular weight is 230 g/mol. The fraction of sp³-hybridized carbons (Fsp3) is 0.385. The molecule has 1 amide bonds. The molecule has 0 saturated carbocycles. The van der Waals surface area contributed by atoms with Crippen molar-refractivity contribution in [2.75, 3.05) is 5.32 Å². The summed E-state index contributed by atoms with van der Waals surface area (Å²) in [7, 11) is 0. The Morgan fingerprint density at radius 1 is 1.53 bits per heavy atom. The molecule has 1 aliphatic heterocycles. The van der Waals surface area contributed by atoms with Crippen molar-refractivity contribution in [1.29, 1.82) is 5.26 Å². The van der Waals surface area contributed by atoms with Gasteiger partial charge in [-0.25, -0.2) is 0 Å². The molecule has 1 unspecified atom stereocenters. The number of carbonyl (C=O) groups excluding carboxylic acids is 1. The van der Waals surface area contributed by atoms with Crippen LogP contribution in [0.3, 0.4) is 0 Å². The van der Waals surface area contributed by atoms with E-state index in [1.54, 1.807) is 6.07 Å². The van der Waals surface area contributed by atoms with Gasteiger partial charge in [-0.05, 0) is 24.5 Å². The van der Waals surface area contributed by atoms with Crippen LogP contribution in [-0.4, -0.2) is 12.0 Å². The van der Waals surface area contributed by atoms with Crippen molar-refractivity contribution < 1.29 is 9.53 Å². The molecule has 17 heavy (non-hydrogen) atoms. The van der Waals surface area contributed by atoms with E-state index in [1.165, 1.54) is 0 Å². The van der Waals surface area contributed by atoms with Crippen LogP contribution in [0.25, 0.3) is 0 Å². The Morgan fingerprint density at radius 2 is 2.35 bits per heavy atom. The first-order chi connectivity index (χ1) is 8.22. The fourth-order valence-corrected chi connectivity index (χ4v) is 1.79. The average Bonchev–Trinajstić information content (AvgIpc) is 2.35. The number of rotatable bonds is 3. The molecule has 0 saturated heterocycles. The van der Waals surface area contributed by atoms with Gasteiger partial charge < -0.3 is 10.1 Å². The van der Waals surface area contributed by atoms with E-state index in [9.17, 15) is 4.79 Å². The summed E-state index contributed by atoms with van der Waals surface area (Å²) in [5.41, 5.74) is 1.91. The maximum absolute atomic E-state index is 11.3. The largest absolute Gasteiger partial charge is 0.476 e. The monoisotopic (exact) mass is 230 g/mol. The lowest BCUT2D eigenvalue weighted by Crippen LogP contribution is -2.19. The predicted octanol–water partition coefficient (Wildman–Crippen LogP) is 2.25. The minimum absolute atomic E-state index is 0.0296. The van der Waals surface area contributed by atoms with Gasteiger partial charge in [0.25, 0.3) is 0 Å². The lowest BCUT2D eigenvalue weighted by atomic mass is 10.0. The number of carbonyl (C=O) groups is 1. The zero-order chi connectivity index (χ0) is 12.3. The van der Waals surface area contributed by atoms with Gasteiger partial charge in [0.15, 0.2) is 6.10 Å². The van der Waals surface area contributed by atoms with E-state index in [4.69, 9.17) is 10.00 Å². The van der Waals surface area contributed by atoms with E-state index < -0.39 is 6.10 Å². The molecular formula is C13H14N2O2. The first-order valence-electron chi connectivity index (χ1n) is 5.72. The van der Waals surface area contributed by atoms with Crippen molar-refractivity contribution in [2.24, 2.45) is 0 Å².